The van der Waals surface area contributed by atoms with E-state index in [1.54, 1.807) is 23.5 Å². The quantitative estimate of drug-likeness (QED) is 0.462. The Bertz CT molecular complexity index is 1030. The lowest BCUT2D eigenvalue weighted by Gasteiger charge is -2.25. The van der Waals surface area contributed by atoms with Crippen molar-refractivity contribution in [1.82, 2.24) is 9.55 Å². The number of hydrogen-bond donors (Lipinski definition) is 1. The lowest BCUT2D eigenvalue weighted by molar-refractivity contribution is 0.101. The molecule has 152 valence electrons. The number of nitrogens with one attached hydrogen (secondary N) is 1. The third-order valence-corrected chi connectivity index (χ3v) is 6.77. The van der Waals surface area contributed by atoms with Crippen LogP contribution in [0.2, 0.25) is 0 Å². The summed E-state index contributed by atoms with van der Waals surface area (Å²) in [6.07, 6.45) is 5.67. The zero-order chi connectivity index (χ0) is 20.4. The zero-order valence-electron chi connectivity index (χ0n) is 16.1. The monoisotopic (exact) mass is 524 g/mol. The van der Waals surface area contributed by atoms with Gasteiger partial charge in [0.1, 0.15) is 11.5 Å². The number of amides is 1. The van der Waals surface area contributed by atoms with Crippen molar-refractivity contribution in [2.24, 2.45) is 0 Å². The highest BCUT2D eigenvalue weighted by Crippen LogP contribution is 2.25. The summed E-state index contributed by atoms with van der Waals surface area (Å²) in [6.45, 7) is 4.62. The van der Waals surface area contributed by atoms with Crippen LogP contribution in [0.4, 0.5) is 15.2 Å². The van der Waals surface area contributed by atoms with Crippen molar-refractivity contribution in [2.45, 2.75) is 32.7 Å². The number of anilines is 2. The molecule has 3 heterocycles. The SMILES string of the molecule is Cc1cc(C(=O)Nc2ccc(I)c(F)c2)n(Cc2csc(N3CCCCC3)n2)c1. The first-order valence-corrected chi connectivity index (χ1v) is 11.6. The number of carbonyl (C=O) groups is 1. The van der Waals surface area contributed by atoms with Crippen LogP contribution in [-0.4, -0.2) is 28.5 Å². The summed E-state index contributed by atoms with van der Waals surface area (Å²) >= 11 is 3.58. The summed E-state index contributed by atoms with van der Waals surface area (Å²) in [4.78, 5) is 19.9. The van der Waals surface area contributed by atoms with Crippen LogP contribution in [0.5, 0.6) is 0 Å². The summed E-state index contributed by atoms with van der Waals surface area (Å²) in [5.74, 6) is -0.604. The third-order valence-electron chi connectivity index (χ3n) is 4.94. The Morgan fingerprint density at radius 1 is 1.28 bits per heavy atom. The van der Waals surface area contributed by atoms with E-state index in [9.17, 15) is 9.18 Å². The summed E-state index contributed by atoms with van der Waals surface area (Å²) in [7, 11) is 0. The number of rotatable bonds is 5. The molecule has 0 saturated carbocycles. The molecule has 0 bridgehead atoms. The standard InChI is InChI=1S/C21H22FIN4OS/c1-14-9-19(20(28)24-15-5-6-18(23)17(22)10-15)27(11-14)12-16-13-29-21(25-16)26-7-3-2-4-8-26/h5-6,9-11,13H,2-4,7-8,12H2,1H3,(H,24,28). The number of hydrogen-bond acceptors (Lipinski definition) is 4. The first kappa shape index (κ1) is 20.3. The van der Waals surface area contributed by atoms with Gasteiger partial charge in [-0.2, -0.15) is 0 Å². The molecule has 1 amide bonds. The number of aromatic nitrogens is 2. The van der Waals surface area contributed by atoms with Gasteiger partial charge in [0.2, 0.25) is 0 Å². The van der Waals surface area contributed by atoms with Crippen molar-refractivity contribution in [1.29, 1.82) is 0 Å². The van der Waals surface area contributed by atoms with Gasteiger partial charge in [0.25, 0.3) is 5.91 Å². The van der Waals surface area contributed by atoms with E-state index in [2.05, 4.69) is 15.6 Å². The van der Waals surface area contributed by atoms with Crippen LogP contribution in [0.3, 0.4) is 0 Å². The van der Waals surface area contributed by atoms with E-state index in [0.717, 1.165) is 29.5 Å². The van der Waals surface area contributed by atoms with Gasteiger partial charge in [-0.1, -0.05) is 0 Å². The normalized spacial score (nSPS) is 14.2. The molecule has 0 atom stereocenters. The molecular weight excluding hydrogens is 502 g/mol. The Morgan fingerprint density at radius 2 is 2.07 bits per heavy atom. The van der Waals surface area contributed by atoms with E-state index in [-0.39, 0.29) is 11.7 Å². The molecule has 8 heteroatoms. The highest BCUT2D eigenvalue weighted by atomic mass is 127. The zero-order valence-corrected chi connectivity index (χ0v) is 19.1. The maximum absolute atomic E-state index is 13.8. The molecule has 0 unspecified atom stereocenters. The van der Waals surface area contributed by atoms with Crippen molar-refractivity contribution >= 4 is 50.7 Å². The van der Waals surface area contributed by atoms with Crippen LogP contribution in [-0.2, 0) is 6.54 Å². The molecule has 29 heavy (non-hydrogen) atoms. The molecule has 0 aliphatic carbocycles. The minimum absolute atomic E-state index is 0.259. The molecule has 0 spiro atoms. The molecule has 1 saturated heterocycles. The molecule has 3 aromatic rings. The maximum atomic E-state index is 13.8. The average molecular weight is 524 g/mol. The van der Waals surface area contributed by atoms with Gasteiger partial charge < -0.3 is 14.8 Å². The first-order valence-electron chi connectivity index (χ1n) is 9.62. The van der Waals surface area contributed by atoms with E-state index >= 15 is 0 Å². The van der Waals surface area contributed by atoms with Gasteiger partial charge in [-0.3, -0.25) is 4.79 Å². The van der Waals surface area contributed by atoms with Crippen LogP contribution >= 0.6 is 33.9 Å². The highest BCUT2D eigenvalue weighted by Gasteiger charge is 2.17. The van der Waals surface area contributed by atoms with Gasteiger partial charge in [-0.15, -0.1) is 11.3 Å². The number of piperidine rings is 1. The highest BCUT2D eigenvalue weighted by molar-refractivity contribution is 14.1. The van der Waals surface area contributed by atoms with Gasteiger partial charge >= 0.3 is 0 Å². The fourth-order valence-electron chi connectivity index (χ4n) is 3.52. The third kappa shape index (κ3) is 4.80. The Labute approximate surface area is 187 Å². The minimum Gasteiger partial charge on any atom is -0.348 e. The first-order chi connectivity index (χ1) is 14.0. The second-order valence-electron chi connectivity index (χ2n) is 7.28. The van der Waals surface area contributed by atoms with E-state index in [1.807, 2.05) is 46.3 Å². The Kier molecular flexibility index (Phi) is 6.19. The van der Waals surface area contributed by atoms with Crippen molar-refractivity contribution in [3.63, 3.8) is 0 Å². The summed E-state index contributed by atoms with van der Waals surface area (Å²) in [5, 5.41) is 5.92. The van der Waals surface area contributed by atoms with Crippen molar-refractivity contribution in [2.75, 3.05) is 23.3 Å². The van der Waals surface area contributed by atoms with Gasteiger partial charge in [0, 0.05) is 33.9 Å². The van der Waals surface area contributed by atoms with Gasteiger partial charge in [-0.05, 0) is 78.6 Å². The predicted molar refractivity (Wildman–Crippen MR) is 124 cm³/mol. The molecule has 1 aliphatic heterocycles. The van der Waals surface area contributed by atoms with Crippen molar-refractivity contribution in [3.8, 4) is 0 Å². The summed E-state index contributed by atoms with van der Waals surface area (Å²) < 4.78 is 16.2. The Morgan fingerprint density at radius 3 is 2.83 bits per heavy atom. The largest absolute Gasteiger partial charge is 0.348 e. The number of nitrogens with zero attached hydrogens (tertiary/aromatic N) is 3. The Hall–Kier alpha value is -1.94. The van der Waals surface area contributed by atoms with Gasteiger partial charge in [-0.25, -0.2) is 9.37 Å². The van der Waals surface area contributed by atoms with E-state index < -0.39 is 0 Å². The number of aryl methyl sites for hydroxylation is 1. The number of carbonyl (C=O) groups excluding carboxylic acids is 1. The summed E-state index contributed by atoms with van der Waals surface area (Å²) in [6, 6.07) is 6.53. The van der Waals surface area contributed by atoms with Crippen LogP contribution in [0, 0.1) is 16.3 Å². The predicted octanol–water partition coefficient (Wildman–Crippen LogP) is 5.29. The van der Waals surface area contributed by atoms with Gasteiger partial charge in [0.15, 0.2) is 5.13 Å². The fourth-order valence-corrected chi connectivity index (χ4v) is 4.73. The molecule has 0 radical (unpaired) electrons. The van der Waals surface area contributed by atoms with Crippen molar-refractivity contribution in [3.05, 3.63) is 62.2 Å². The molecule has 1 aromatic carbocycles. The lowest BCUT2D eigenvalue weighted by Crippen LogP contribution is -2.29. The van der Waals surface area contributed by atoms with E-state index in [4.69, 9.17) is 4.98 Å². The average Bonchev–Trinajstić information content (AvgIpc) is 3.32. The fraction of sp³-hybridized carbons (Fsp3) is 0.333. The van der Waals surface area contributed by atoms with Crippen LogP contribution in [0.1, 0.15) is 41.0 Å². The second-order valence-corrected chi connectivity index (χ2v) is 9.28. The molecule has 4 rings (SSSR count). The number of thiazole rings is 1. The summed E-state index contributed by atoms with van der Waals surface area (Å²) in [5.41, 5.74) is 2.92. The van der Waals surface area contributed by atoms with Crippen LogP contribution in [0.25, 0.3) is 0 Å². The molecular formula is C21H22FIN4OS. The second kappa shape index (κ2) is 8.83. The van der Waals surface area contributed by atoms with Crippen molar-refractivity contribution < 1.29 is 9.18 Å². The number of benzene rings is 1. The minimum atomic E-state index is -0.345. The number of halogens is 2. The maximum Gasteiger partial charge on any atom is 0.272 e. The topological polar surface area (TPSA) is 50.2 Å². The smallest absolute Gasteiger partial charge is 0.272 e. The molecule has 1 N–H and O–H groups in total. The van der Waals surface area contributed by atoms with Gasteiger partial charge in [0.05, 0.1) is 12.2 Å². The van der Waals surface area contributed by atoms with E-state index in [0.29, 0.717) is 21.5 Å². The van der Waals surface area contributed by atoms with Crippen LogP contribution in [0.15, 0.2) is 35.8 Å². The Balaban J connectivity index is 1.50. The van der Waals surface area contributed by atoms with E-state index in [1.165, 1.54) is 25.3 Å². The molecule has 1 aliphatic rings. The molecule has 5 nitrogen and oxygen atoms in total. The molecule has 1 fully saturated rings. The lowest BCUT2D eigenvalue weighted by atomic mass is 10.1. The molecule has 2 aromatic heterocycles. The van der Waals surface area contributed by atoms with Crippen LogP contribution < -0.4 is 10.2 Å².